The summed E-state index contributed by atoms with van der Waals surface area (Å²) in [6, 6.07) is 7.95. The molecule has 0 saturated heterocycles. The highest BCUT2D eigenvalue weighted by Gasteiger charge is 2.13. The van der Waals surface area contributed by atoms with Crippen molar-refractivity contribution in [1.29, 1.82) is 0 Å². The van der Waals surface area contributed by atoms with Gasteiger partial charge in [0.05, 0.1) is 57.8 Å². The Morgan fingerprint density at radius 2 is 1.27 bits per heavy atom. The van der Waals surface area contributed by atoms with Gasteiger partial charge in [0.2, 0.25) is 0 Å². The van der Waals surface area contributed by atoms with Crippen molar-refractivity contribution in [3.8, 4) is 0 Å². The first-order chi connectivity index (χ1) is 10.7. The Labute approximate surface area is 130 Å². The third-order valence-corrected chi connectivity index (χ3v) is 3.80. The van der Waals surface area contributed by atoms with Gasteiger partial charge in [-0.15, -0.1) is 0 Å². The van der Waals surface area contributed by atoms with Crippen molar-refractivity contribution in [1.82, 2.24) is 0 Å². The average Bonchev–Trinajstić information content (AvgIpc) is 2.53. The van der Waals surface area contributed by atoms with Gasteiger partial charge in [0.15, 0.2) is 0 Å². The maximum Gasteiger partial charge on any atom is 0.297 e. The van der Waals surface area contributed by atoms with E-state index in [-0.39, 0.29) is 24.7 Å². The standard InChI is InChI=1S/C14H22O7S/c15-6-7-18-8-9-19-10-11-20-12-13-21-22(16,17)14-4-2-1-3-5-14/h1-5,15H,6-13H2. The van der Waals surface area contributed by atoms with Crippen molar-refractivity contribution < 1.29 is 31.9 Å². The Kier molecular flexibility index (Phi) is 9.96. The summed E-state index contributed by atoms with van der Waals surface area (Å²) in [5.74, 6) is 0. The van der Waals surface area contributed by atoms with Crippen molar-refractivity contribution in [2.75, 3.05) is 52.9 Å². The van der Waals surface area contributed by atoms with Gasteiger partial charge in [0.1, 0.15) is 0 Å². The lowest BCUT2D eigenvalue weighted by Crippen LogP contribution is -2.14. The fourth-order valence-electron chi connectivity index (χ4n) is 1.46. The molecule has 0 heterocycles. The van der Waals surface area contributed by atoms with Crippen LogP contribution in [0, 0.1) is 0 Å². The lowest BCUT2D eigenvalue weighted by molar-refractivity contribution is 0.00389. The monoisotopic (exact) mass is 334 g/mol. The summed E-state index contributed by atoms with van der Waals surface area (Å²) in [6.45, 7) is 1.97. The second-order valence-electron chi connectivity index (χ2n) is 4.15. The van der Waals surface area contributed by atoms with Gasteiger partial charge in [-0.1, -0.05) is 18.2 Å². The Morgan fingerprint density at radius 3 is 1.82 bits per heavy atom. The summed E-state index contributed by atoms with van der Waals surface area (Å²) in [5, 5.41) is 8.48. The first-order valence-electron chi connectivity index (χ1n) is 6.95. The Morgan fingerprint density at radius 1 is 0.773 bits per heavy atom. The van der Waals surface area contributed by atoms with Crippen molar-refractivity contribution in [2.45, 2.75) is 4.90 Å². The van der Waals surface area contributed by atoms with Gasteiger partial charge in [0.25, 0.3) is 10.1 Å². The summed E-state index contributed by atoms with van der Waals surface area (Å²) in [4.78, 5) is 0.126. The zero-order chi connectivity index (χ0) is 16.1. The second kappa shape index (κ2) is 11.5. The van der Waals surface area contributed by atoms with Gasteiger partial charge in [-0.05, 0) is 12.1 Å². The number of ether oxygens (including phenoxy) is 3. The highest BCUT2D eigenvalue weighted by molar-refractivity contribution is 7.86. The molecular formula is C14H22O7S. The van der Waals surface area contributed by atoms with Gasteiger partial charge in [0, 0.05) is 0 Å². The fraction of sp³-hybridized carbons (Fsp3) is 0.571. The van der Waals surface area contributed by atoms with Crippen molar-refractivity contribution in [3.05, 3.63) is 30.3 Å². The molecule has 0 aliphatic rings. The molecule has 0 aliphatic carbocycles. The molecule has 0 saturated carbocycles. The van der Waals surface area contributed by atoms with E-state index in [1.54, 1.807) is 18.2 Å². The van der Waals surface area contributed by atoms with Crippen LogP contribution in [0.2, 0.25) is 0 Å². The van der Waals surface area contributed by atoms with Gasteiger partial charge in [-0.25, -0.2) is 0 Å². The van der Waals surface area contributed by atoms with E-state index >= 15 is 0 Å². The highest BCUT2D eigenvalue weighted by atomic mass is 32.2. The molecule has 0 amide bonds. The molecule has 8 heteroatoms. The number of benzene rings is 1. The van der Waals surface area contributed by atoms with Crippen LogP contribution in [0.15, 0.2) is 35.2 Å². The summed E-state index contributed by atoms with van der Waals surface area (Å²) in [6.07, 6.45) is 0. The number of aliphatic hydroxyl groups excluding tert-OH is 1. The molecule has 0 radical (unpaired) electrons. The van der Waals surface area contributed by atoms with E-state index in [1.165, 1.54) is 12.1 Å². The molecule has 7 nitrogen and oxygen atoms in total. The van der Waals surface area contributed by atoms with Crippen LogP contribution in [0.5, 0.6) is 0 Å². The number of aliphatic hydroxyl groups is 1. The van der Waals surface area contributed by atoms with E-state index in [9.17, 15) is 8.42 Å². The van der Waals surface area contributed by atoms with Crippen LogP contribution in [-0.4, -0.2) is 66.4 Å². The van der Waals surface area contributed by atoms with Gasteiger partial charge >= 0.3 is 0 Å². The highest BCUT2D eigenvalue weighted by Crippen LogP contribution is 2.10. The molecule has 22 heavy (non-hydrogen) atoms. The van der Waals surface area contributed by atoms with E-state index in [2.05, 4.69) is 0 Å². The minimum atomic E-state index is -3.72. The van der Waals surface area contributed by atoms with Gasteiger partial charge in [-0.2, -0.15) is 8.42 Å². The SMILES string of the molecule is O=S(=O)(OCCOCCOCCOCCO)c1ccccc1. The van der Waals surface area contributed by atoms with Crippen molar-refractivity contribution >= 4 is 10.1 Å². The lowest BCUT2D eigenvalue weighted by atomic mass is 10.4. The maximum absolute atomic E-state index is 11.8. The molecule has 0 spiro atoms. The summed E-state index contributed by atoms with van der Waals surface area (Å²) >= 11 is 0. The van der Waals surface area contributed by atoms with E-state index in [4.69, 9.17) is 23.5 Å². The zero-order valence-electron chi connectivity index (χ0n) is 12.3. The zero-order valence-corrected chi connectivity index (χ0v) is 13.2. The normalized spacial score (nSPS) is 11.7. The smallest absolute Gasteiger partial charge is 0.297 e. The van der Waals surface area contributed by atoms with Crippen LogP contribution >= 0.6 is 0 Å². The second-order valence-corrected chi connectivity index (χ2v) is 5.77. The topological polar surface area (TPSA) is 91.3 Å². The van der Waals surface area contributed by atoms with E-state index < -0.39 is 10.1 Å². The van der Waals surface area contributed by atoms with Crippen LogP contribution in [0.25, 0.3) is 0 Å². The fourth-order valence-corrected chi connectivity index (χ4v) is 2.38. The van der Waals surface area contributed by atoms with Crippen molar-refractivity contribution in [3.63, 3.8) is 0 Å². The average molecular weight is 334 g/mol. The molecule has 0 fully saturated rings. The predicted molar refractivity (Wildman–Crippen MR) is 79.1 cm³/mol. The minimum absolute atomic E-state index is 0.00496. The molecular weight excluding hydrogens is 312 g/mol. The van der Waals surface area contributed by atoms with Crippen LogP contribution in [0.4, 0.5) is 0 Å². The molecule has 0 unspecified atom stereocenters. The van der Waals surface area contributed by atoms with Gasteiger partial charge in [-0.3, -0.25) is 4.18 Å². The molecule has 1 rings (SSSR count). The third-order valence-electron chi connectivity index (χ3n) is 2.48. The Hall–Kier alpha value is -1.03. The summed E-state index contributed by atoms with van der Waals surface area (Å²) in [5.41, 5.74) is 0. The van der Waals surface area contributed by atoms with Crippen LogP contribution in [0.1, 0.15) is 0 Å². The first kappa shape index (κ1) is 19.0. The molecule has 0 atom stereocenters. The minimum Gasteiger partial charge on any atom is -0.394 e. The van der Waals surface area contributed by atoms with Crippen molar-refractivity contribution in [2.24, 2.45) is 0 Å². The number of rotatable bonds is 13. The van der Waals surface area contributed by atoms with Crippen LogP contribution in [0.3, 0.4) is 0 Å². The van der Waals surface area contributed by atoms with Crippen LogP contribution in [-0.2, 0) is 28.5 Å². The Balaban J connectivity index is 1.99. The summed E-state index contributed by atoms with van der Waals surface area (Å²) in [7, 11) is -3.72. The molecule has 1 aromatic rings. The largest absolute Gasteiger partial charge is 0.394 e. The summed E-state index contributed by atoms with van der Waals surface area (Å²) < 4.78 is 43.8. The lowest BCUT2D eigenvalue weighted by Gasteiger charge is -2.07. The van der Waals surface area contributed by atoms with E-state index in [0.717, 1.165) is 0 Å². The van der Waals surface area contributed by atoms with E-state index in [1.807, 2.05) is 0 Å². The molecule has 126 valence electrons. The Bertz CT molecular complexity index is 475. The molecule has 1 aromatic carbocycles. The number of hydrogen-bond donors (Lipinski definition) is 1. The molecule has 0 aliphatic heterocycles. The van der Waals surface area contributed by atoms with Gasteiger partial charge < -0.3 is 19.3 Å². The maximum atomic E-state index is 11.8. The predicted octanol–water partition coefficient (Wildman–Crippen LogP) is 0.434. The third kappa shape index (κ3) is 8.42. The molecule has 1 N–H and O–H groups in total. The quantitative estimate of drug-likeness (QED) is 0.413. The van der Waals surface area contributed by atoms with E-state index in [0.29, 0.717) is 33.0 Å². The first-order valence-corrected chi connectivity index (χ1v) is 8.36. The van der Waals surface area contributed by atoms with Crippen LogP contribution < -0.4 is 0 Å². The number of hydrogen-bond acceptors (Lipinski definition) is 7. The molecule has 0 bridgehead atoms. The molecule has 0 aromatic heterocycles.